The van der Waals surface area contributed by atoms with Crippen LogP contribution in [0.3, 0.4) is 0 Å². The Morgan fingerprint density at radius 1 is 0.386 bits per heavy atom. The Kier molecular flexibility index (Phi) is 43.9. The van der Waals surface area contributed by atoms with Crippen LogP contribution in [0.2, 0.25) is 0 Å². The van der Waals surface area contributed by atoms with Crippen molar-refractivity contribution in [3.8, 4) is 0 Å². The summed E-state index contributed by atoms with van der Waals surface area (Å²) in [5.41, 5.74) is 0. The first kappa shape index (κ1) is 54.4. The summed E-state index contributed by atoms with van der Waals surface area (Å²) in [5, 5.41) is 0. The fourth-order valence-corrected chi connectivity index (χ4v) is 6.71. The van der Waals surface area contributed by atoms with E-state index in [0.29, 0.717) is 19.3 Å². The molecule has 0 spiro atoms. The van der Waals surface area contributed by atoms with E-state index < -0.39 is 6.10 Å². The van der Waals surface area contributed by atoms with Crippen molar-refractivity contribution < 1.29 is 28.6 Å². The number of allylic oxidation sites excluding steroid dienone is 8. The molecule has 1 unspecified atom stereocenters. The van der Waals surface area contributed by atoms with Crippen molar-refractivity contribution in [1.29, 1.82) is 0 Å². The van der Waals surface area contributed by atoms with Gasteiger partial charge in [0.1, 0.15) is 13.2 Å². The summed E-state index contributed by atoms with van der Waals surface area (Å²) in [7, 11) is 0. The molecule has 6 nitrogen and oxygen atoms in total. The number of esters is 3. The number of carbonyl (C=O) groups is 3. The van der Waals surface area contributed by atoms with Gasteiger partial charge < -0.3 is 14.2 Å². The topological polar surface area (TPSA) is 78.9 Å². The van der Waals surface area contributed by atoms with E-state index in [9.17, 15) is 14.4 Å². The molecule has 6 heteroatoms. The Bertz CT molecular complexity index is 1010. The second kappa shape index (κ2) is 46.1. The molecule has 0 radical (unpaired) electrons. The summed E-state index contributed by atoms with van der Waals surface area (Å²) in [6.45, 7) is 6.48. The molecule has 0 aromatic heterocycles. The van der Waals surface area contributed by atoms with E-state index in [4.69, 9.17) is 14.2 Å². The molecular formula is C51H90O6. The normalized spacial score (nSPS) is 12.4. The van der Waals surface area contributed by atoms with Crippen molar-refractivity contribution in [2.45, 2.75) is 245 Å². The van der Waals surface area contributed by atoms with Gasteiger partial charge in [-0.05, 0) is 70.6 Å². The highest BCUT2D eigenvalue weighted by Gasteiger charge is 2.19. The van der Waals surface area contributed by atoms with Crippen LogP contribution in [0.1, 0.15) is 239 Å². The van der Waals surface area contributed by atoms with Gasteiger partial charge in [0.05, 0.1) is 0 Å². The molecule has 0 aliphatic carbocycles. The number of unbranched alkanes of at least 4 members (excludes halogenated alkanes) is 25. The molecule has 0 aromatic rings. The minimum Gasteiger partial charge on any atom is -0.462 e. The van der Waals surface area contributed by atoms with Crippen LogP contribution in [0, 0.1) is 0 Å². The van der Waals surface area contributed by atoms with Gasteiger partial charge >= 0.3 is 17.9 Å². The first-order valence-electron chi connectivity index (χ1n) is 24.2. The Balaban J connectivity index is 4.35. The molecule has 57 heavy (non-hydrogen) atoms. The third kappa shape index (κ3) is 44.3. The fraction of sp³-hybridized carbons (Fsp3) is 0.784. The highest BCUT2D eigenvalue weighted by Crippen LogP contribution is 2.14. The number of carbonyl (C=O) groups excluding carboxylic acids is 3. The monoisotopic (exact) mass is 799 g/mol. The Hall–Kier alpha value is -2.63. The van der Waals surface area contributed by atoms with E-state index in [1.807, 2.05) is 0 Å². The second-order valence-corrected chi connectivity index (χ2v) is 16.0. The maximum Gasteiger partial charge on any atom is 0.306 e. The average molecular weight is 799 g/mol. The lowest BCUT2D eigenvalue weighted by Crippen LogP contribution is -2.30. The predicted octanol–water partition coefficient (Wildman–Crippen LogP) is 15.5. The van der Waals surface area contributed by atoms with E-state index in [0.717, 1.165) is 109 Å². The minimum absolute atomic E-state index is 0.0829. The Labute approximate surface area is 352 Å². The van der Waals surface area contributed by atoms with E-state index in [1.165, 1.54) is 89.9 Å². The van der Waals surface area contributed by atoms with Crippen molar-refractivity contribution in [2.24, 2.45) is 0 Å². The van der Waals surface area contributed by atoms with E-state index in [-0.39, 0.29) is 31.1 Å². The predicted molar refractivity (Wildman–Crippen MR) is 242 cm³/mol. The molecule has 0 aromatic carbocycles. The summed E-state index contributed by atoms with van der Waals surface area (Å²) >= 11 is 0. The van der Waals surface area contributed by atoms with Gasteiger partial charge in [0.2, 0.25) is 0 Å². The van der Waals surface area contributed by atoms with E-state index in [2.05, 4.69) is 69.4 Å². The van der Waals surface area contributed by atoms with Crippen molar-refractivity contribution in [3.63, 3.8) is 0 Å². The van der Waals surface area contributed by atoms with Crippen LogP contribution < -0.4 is 0 Å². The van der Waals surface area contributed by atoms with Crippen LogP contribution in [0.4, 0.5) is 0 Å². The van der Waals surface area contributed by atoms with Crippen molar-refractivity contribution in [3.05, 3.63) is 48.6 Å². The van der Waals surface area contributed by atoms with Crippen molar-refractivity contribution >= 4 is 17.9 Å². The van der Waals surface area contributed by atoms with Gasteiger partial charge in [0.15, 0.2) is 6.10 Å². The maximum atomic E-state index is 12.7. The lowest BCUT2D eigenvalue weighted by molar-refractivity contribution is -0.167. The number of rotatable bonds is 43. The van der Waals surface area contributed by atoms with Gasteiger partial charge in [-0.25, -0.2) is 0 Å². The van der Waals surface area contributed by atoms with Crippen LogP contribution in [-0.2, 0) is 28.6 Å². The van der Waals surface area contributed by atoms with Gasteiger partial charge in [-0.3, -0.25) is 14.4 Å². The second-order valence-electron chi connectivity index (χ2n) is 16.0. The SMILES string of the molecule is CC/C=C\C/C=C\CCCCCCCC(=O)OC(COC(=O)CCCCCCC/C=C\C=C/CCCCCCCCC)COC(=O)CCCCCCCCCCC. The molecule has 330 valence electrons. The van der Waals surface area contributed by atoms with Gasteiger partial charge in [0.25, 0.3) is 0 Å². The lowest BCUT2D eigenvalue weighted by atomic mass is 10.1. The fourth-order valence-electron chi connectivity index (χ4n) is 6.71. The van der Waals surface area contributed by atoms with Crippen LogP contribution in [-0.4, -0.2) is 37.2 Å². The van der Waals surface area contributed by atoms with Crippen LogP contribution in [0.15, 0.2) is 48.6 Å². The van der Waals surface area contributed by atoms with E-state index in [1.54, 1.807) is 0 Å². The molecule has 0 N–H and O–H groups in total. The van der Waals surface area contributed by atoms with Crippen LogP contribution in [0.5, 0.6) is 0 Å². The number of hydrogen-bond donors (Lipinski definition) is 0. The Morgan fingerprint density at radius 2 is 0.737 bits per heavy atom. The third-order valence-corrected chi connectivity index (χ3v) is 10.3. The third-order valence-electron chi connectivity index (χ3n) is 10.3. The molecule has 0 saturated carbocycles. The smallest absolute Gasteiger partial charge is 0.306 e. The summed E-state index contributed by atoms with van der Waals surface area (Å²) in [4.78, 5) is 37.7. The molecule has 0 heterocycles. The lowest BCUT2D eigenvalue weighted by Gasteiger charge is -2.18. The summed E-state index contributed by atoms with van der Waals surface area (Å²) in [5.74, 6) is -0.914. The molecule has 0 rings (SSSR count). The highest BCUT2D eigenvalue weighted by molar-refractivity contribution is 5.71. The highest BCUT2D eigenvalue weighted by atomic mass is 16.6. The first-order chi connectivity index (χ1) is 28.0. The summed E-state index contributed by atoms with van der Waals surface area (Å²) in [6.07, 6.45) is 53.8. The summed E-state index contributed by atoms with van der Waals surface area (Å²) < 4.78 is 16.7. The van der Waals surface area contributed by atoms with E-state index >= 15 is 0 Å². The molecule has 0 saturated heterocycles. The van der Waals surface area contributed by atoms with Crippen molar-refractivity contribution in [1.82, 2.24) is 0 Å². The zero-order chi connectivity index (χ0) is 41.5. The molecular weight excluding hydrogens is 709 g/mol. The number of ether oxygens (including phenoxy) is 3. The van der Waals surface area contributed by atoms with Crippen LogP contribution >= 0.6 is 0 Å². The van der Waals surface area contributed by atoms with Gasteiger partial charge in [-0.2, -0.15) is 0 Å². The zero-order valence-corrected chi connectivity index (χ0v) is 37.6. The van der Waals surface area contributed by atoms with Gasteiger partial charge in [-0.15, -0.1) is 0 Å². The maximum absolute atomic E-state index is 12.7. The Morgan fingerprint density at radius 3 is 1.16 bits per heavy atom. The largest absolute Gasteiger partial charge is 0.462 e. The summed E-state index contributed by atoms with van der Waals surface area (Å²) in [6, 6.07) is 0. The molecule has 0 amide bonds. The zero-order valence-electron chi connectivity index (χ0n) is 37.6. The van der Waals surface area contributed by atoms with Crippen molar-refractivity contribution in [2.75, 3.05) is 13.2 Å². The molecule has 0 aliphatic rings. The van der Waals surface area contributed by atoms with Gasteiger partial charge in [-0.1, -0.05) is 198 Å². The molecule has 0 aliphatic heterocycles. The average Bonchev–Trinajstić information content (AvgIpc) is 3.21. The van der Waals surface area contributed by atoms with Crippen LogP contribution in [0.25, 0.3) is 0 Å². The quantitative estimate of drug-likeness (QED) is 0.0201. The first-order valence-corrected chi connectivity index (χ1v) is 24.2. The molecule has 0 bridgehead atoms. The molecule has 1 atom stereocenters. The molecule has 0 fully saturated rings. The van der Waals surface area contributed by atoms with Gasteiger partial charge in [0, 0.05) is 19.3 Å². The number of hydrogen-bond acceptors (Lipinski definition) is 6. The standard InChI is InChI=1S/C51H90O6/c1-4-7-10-13-16-19-21-23-24-25-26-27-28-30-32-35-38-41-44-50(53)56-47-48(46-55-49(52)43-40-37-34-31-18-15-12-9-6-3)57-51(54)45-42-39-36-33-29-22-20-17-14-11-8-5-2/h8,11,17,20,24-27,48H,4-7,9-10,12-16,18-19,21-23,28-47H2,1-3H3/b11-8-,20-17-,25-24-,27-26-. The minimum atomic E-state index is -0.782.